The first-order chi connectivity index (χ1) is 21.4. The van der Waals surface area contributed by atoms with Gasteiger partial charge < -0.3 is 20.4 Å². The average molecular weight is 583 g/mol. The Morgan fingerprint density at radius 1 is 0.909 bits per heavy atom. The summed E-state index contributed by atoms with van der Waals surface area (Å²) in [5.74, 6) is -1.40. The lowest BCUT2D eigenvalue weighted by molar-refractivity contribution is -0.115. The third-order valence-corrected chi connectivity index (χ3v) is 7.92. The van der Waals surface area contributed by atoms with Gasteiger partial charge in [-0.1, -0.05) is 30.3 Å². The molecule has 218 valence electrons. The molecule has 0 aliphatic carbocycles. The van der Waals surface area contributed by atoms with Crippen molar-refractivity contribution in [2.24, 2.45) is 4.99 Å². The number of amides is 2. The van der Waals surface area contributed by atoms with Gasteiger partial charge in [-0.25, -0.2) is 0 Å². The number of hydrogen-bond donors (Lipinski definition) is 2. The van der Waals surface area contributed by atoms with Gasteiger partial charge in [0.1, 0.15) is 5.92 Å². The Morgan fingerprint density at radius 3 is 2.41 bits per heavy atom. The van der Waals surface area contributed by atoms with Crippen LogP contribution in [0.3, 0.4) is 0 Å². The van der Waals surface area contributed by atoms with E-state index in [2.05, 4.69) is 44.6 Å². The Hall–Kier alpha value is -5.59. The van der Waals surface area contributed by atoms with Gasteiger partial charge in [-0.15, -0.1) is 0 Å². The van der Waals surface area contributed by atoms with Gasteiger partial charge in [0.25, 0.3) is 5.91 Å². The van der Waals surface area contributed by atoms with Gasteiger partial charge >= 0.3 is 0 Å². The van der Waals surface area contributed by atoms with Crippen LogP contribution >= 0.6 is 0 Å². The first kappa shape index (κ1) is 28.5. The highest BCUT2D eigenvalue weighted by Gasteiger charge is 2.30. The fourth-order valence-electron chi connectivity index (χ4n) is 5.39. The van der Waals surface area contributed by atoms with Crippen LogP contribution in [0.25, 0.3) is 0 Å². The van der Waals surface area contributed by atoms with E-state index in [9.17, 15) is 14.4 Å². The fourth-order valence-corrected chi connectivity index (χ4v) is 5.39. The Kier molecular flexibility index (Phi) is 8.00. The van der Waals surface area contributed by atoms with Gasteiger partial charge in [0.2, 0.25) is 5.91 Å². The van der Waals surface area contributed by atoms with E-state index in [4.69, 9.17) is 5.26 Å². The van der Waals surface area contributed by atoms with E-state index in [1.165, 1.54) is 6.07 Å². The van der Waals surface area contributed by atoms with Crippen molar-refractivity contribution in [3.63, 3.8) is 0 Å². The number of nitrogens with one attached hydrogen (secondary N) is 2. The third-order valence-electron chi connectivity index (χ3n) is 7.92. The first-order valence-corrected chi connectivity index (χ1v) is 14.4. The molecule has 2 aliphatic heterocycles. The molecule has 0 spiro atoms. The number of hydrogen-bond acceptors (Lipinski definition) is 7. The summed E-state index contributed by atoms with van der Waals surface area (Å²) < 4.78 is 0. The third kappa shape index (κ3) is 6.11. The zero-order chi connectivity index (χ0) is 30.6. The molecule has 2 N–H and O–H groups in total. The molecule has 6 rings (SSSR count). The topological polar surface area (TPSA) is 118 Å². The van der Waals surface area contributed by atoms with Crippen LogP contribution in [0.1, 0.15) is 43.3 Å². The van der Waals surface area contributed by atoms with Crippen LogP contribution < -0.4 is 15.5 Å². The molecule has 1 fully saturated rings. The second-order valence-electron chi connectivity index (χ2n) is 10.9. The smallest absolute Gasteiger partial charge is 0.255 e. The van der Waals surface area contributed by atoms with Gasteiger partial charge in [-0.05, 0) is 73.3 Å². The summed E-state index contributed by atoms with van der Waals surface area (Å²) in [6, 6.07) is 28.2. The van der Waals surface area contributed by atoms with Crippen molar-refractivity contribution in [3.8, 4) is 6.07 Å². The molecule has 4 aromatic carbocycles. The zero-order valence-corrected chi connectivity index (χ0v) is 24.2. The molecule has 0 radical (unpaired) electrons. The summed E-state index contributed by atoms with van der Waals surface area (Å²) in [7, 11) is 2.13. The minimum atomic E-state index is -0.565. The Labute approximate surface area is 255 Å². The molecule has 1 atom stereocenters. The standard InChI is InChI=1S/C35H30N6O3/c1-40-14-16-41(17-15-40)29-11-9-27(10-12-29)37-22-31-30-13-8-25(20-32(30)39-35(31)44)33(42)24-5-3-7-28(19-24)38-34(43)26-6-2-4-23(18-26)21-36/h2-13,18-20,22,31H,14-17H2,1H3,(H,38,43)(H,39,44). The molecule has 0 saturated carbocycles. The van der Waals surface area contributed by atoms with Crippen molar-refractivity contribution in [3.05, 3.63) is 119 Å². The molecule has 2 amide bonds. The predicted octanol–water partition coefficient (Wildman–Crippen LogP) is 5.23. The molecule has 1 unspecified atom stereocenters. The first-order valence-electron chi connectivity index (χ1n) is 14.4. The highest BCUT2D eigenvalue weighted by Crippen LogP contribution is 2.33. The largest absolute Gasteiger partial charge is 0.369 e. The molecule has 44 heavy (non-hydrogen) atoms. The molecule has 9 nitrogen and oxygen atoms in total. The van der Waals surface area contributed by atoms with Gasteiger partial charge in [0.15, 0.2) is 5.78 Å². The van der Waals surface area contributed by atoms with Crippen LogP contribution in [0.4, 0.5) is 22.7 Å². The van der Waals surface area contributed by atoms with Crippen molar-refractivity contribution in [1.29, 1.82) is 5.26 Å². The number of aliphatic imine (C=N–C) groups is 1. The quantitative estimate of drug-likeness (QED) is 0.228. The number of nitriles is 1. The Morgan fingerprint density at radius 2 is 1.64 bits per heavy atom. The van der Waals surface area contributed by atoms with E-state index in [0.717, 1.165) is 43.1 Å². The highest BCUT2D eigenvalue weighted by atomic mass is 16.2. The lowest BCUT2D eigenvalue weighted by atomic mass is 9.97. The number of anilines is 3. The summed E-state index contributed by atoms with van der Waals surface area (Å²) in [5.41, 5.74) is 5.23. The number of ketones is 1. The molecule has 4 aromatic rings. The normalized spacial score (nSPS) is 16.3. The lowest BCUT2D eigenvalue weighted by Crippen LogP contribution is -2.44. The Balaban J connectivity index is 1.13. The van der Waals surface area contributed by atoms with E-state index < -0.39 is 5.92 Å². The van der Waals surface area contributed by atoms with Crippen molar-refractivity contribution in [2.45, 2.75) is 5.92 Å². The molecular weight excluding hydrogens is 552 g/mol. The molecule has 1 saturated heterocycles. The number of carbonyl (C=O) groups excluding carboxylic acids is 3. The number of fused-ring (bicyclic) bond motifs is 1. The monoisotopic (exact) mass is 582 g/mol. The zero-order valence-electron chi connectivity index (χ0n) is 24.2. The van der Waals surface area contributed by atoms with Gasteiger partial charge in [-0.2, -0.15) is 5.26 Å². The van der Waals surface area contributed by atoms with E-state index in [0.29, 0.717) is 33.6 Å². The van der Waals surface area contributed by atoms with E-state index in [1.807, 2.05) is 18.2 Å². The maximum Gasteiger partial charge on any atom is 0.255 e. The molecule has 2 heterocycles. The number of nitrogens with zero attached hydrogens (tertiary/aromatic N) is 4. The van der Waals surface area contributed by atoms with E-state index in [1.54, 1.807) is 66.9 Å². The van der Waals surface area contributed by atoms with Crippen LogP contribution in [0.15, 0.2) is 96.0 Å². The minimum Gasteiger partial charge on any atom is -0.369 e. The SMILES string of the molecule is CN1CCN(c2ccc(N=CC3C(=O)Nc4cc(C(=O)c5cccc(NC(=O)c6cccc(C#N)c6)c5)ccc43)cc2)CC1. The van der Waals surface area contributed by atoms with Crippen LogP contribution in [0.2, 0.25) is 0 Å². The van der Waals surface area contributed by atoms with Crippen LogP contribution in [-0.4, -0.2) is 61.9 Å². The van der Waals surface area contributed by atoms with Gasteiger partial charge in [0, 0.05) is 66.1 Å². The molecular formula is C35H30N6O3. The highest BCUT2D eigenvalue weighted by molar-refractivity contribution is 6.15. The number of likely N-dealkylation sites (N-methyl/N-ethyl adjacent to an activating group) is 1. The fraction of sp³-hybridized carbons (Fsp3) is 0.171. The predicted molar refractivity (Wildman–Crippen MR) is 171 cm³/mol. The second kappa shape index (κ2) is 12.3. The lowest BCUT2D eigenvalue weighted by Gasteiger charge is -2.34. The summed E-state index contributed by atoms with van der Waals surface area (Å²) in [5, 5.41) is 14.8. The summed E-state index contributed by atoms with van der Waals surface area (Å²) in [6.07, 6.45) is 1.64. The molecule has 9 heteroatoms. The van der Waals surface area contributed by atoms with Crippen LogP contribution in [0, 0.1) is 11.3 Å². The van der Waals surface area contributed by atoms with Crippen molar-refractivity contribution in [2.75, 3.05) is 48.8 Å². The summed E-state index contributed by atoms with van der Waals surface area (Å²) in [4.78, 5) is 48.2. The van der Waals surface area contributed by atoms with Gasteiger partial charge in [-0.3, -0.25) is 19.4 Å². The van der Waals surface area contributed by atoms with E-state index in [-0.39, 0.29) is 17.6 Å². The number of benzene rings is 4. The van der Waals surface area contributed by atoms with Crippen molar-refractivity contribution in [1.82, 2.24) is 4.90 Å². The van der Waals surface area contributed by atoms with Crippen molar-refractivity contribution >= 4 is 46.6 Å². The minimum absolute atomic E-state index is 0.201. The number of carbonyl (C=O) groups is 3. The average Bonchev–Trinajstić information content (AvgIpc) is 3.38. The maximum atomic E-state index is 13.4. The maximum absolute atomic E-state index is 13.4. The molecule has 0 aromatic heterocycles. The van der Waals surface area contributed by atoms with Crippen molar-refractivity contribution < 1.29 is 14.4 Å². The van der Waals surface area contributed by atoms with Gasteiger partial charge in [0.05, 0.1) is 17.3 Å². The Bertz CT molecular complexity index is 1820. The van der Waals surface area contributed by atoms with E-state index >= 15 is 0 Å². The van der Waals surface area contributed by atoms with Crippen LogP contribution in [-0.2, 0) is 4.79 Å². The number of piperazine rings is 1. The summed E-state index contributed by atoms with van der Waals surface area (Å²) in [6.45, 7) is 4.05. The van der Waals surface area contributed by atoms with Crippen LogP contribution in [0.5, 0.6) is 0 Å². The molecule has 2 aliphatic rings. The second-order valence-corrected chi connectivity index (χ2v) is 10.9. The number of rotatable bonds is 7. The molecule has 0 bridgehead atoms. The summed E-state index contributed by atoms with van der Waals surface area (Å²) >= 11 is 0.